The number of nitrogens with one attached hydrogen (secondary N) is 3. The molecule has 1 aliphatic rings. The standard InChI is InChI=1S/C25H29N7O6S/c1-31-7-9-32(10-8-31)39(34,35)15-5-6-20(36-2)16(11-15)25(33)29-19-14-26-30-23(19)24-27-17-12-21(37-3)22(38-4)13-18(17)28-24/h5-6,11-14H,7-10H2,1-4H3,(H,26,30)(H,27,28)(H,29,33). The predicted octanol–water partition coefficient (Wildman–Crippen LogP) is 2.17. The number of rotatable bonds is 8. The number of imidazole rings is 1. The number of H-pyrrole nitrogens is 2. The van der Waals surface area contributed by atoms with Crippen LogP contribution < -0.4 is 19.5 Å². The fourth-order valence-corrected chi connectivity index (χ4v) is 5.86. The minimum Gasteiger partial charge on any atom is -0.496 e. The summed E-state index contributed by atoms with van der Waals surface area (Å²) < 4.78 is 44.1. The number of nitrogens with zero attached hydrogens (tertiary/aromatic N) is 4. The number of piperazine rings is 1. The normalized spacial score (nSPS) is 14.9. The minimum absolute atomic E-state index is 0.0191. The first-order chi connectivity index (χ1) is 18.7. The summed E-state index contributed by atoms with van der Waals surface area (Å²) in [5.41, 5.74) is 2.07. The number of hydrogen-bond acceptors (Lipinski definition) is 9. The van der Waals surface area contributed by atoms with Gasteiger partial charge in [0.15, 0.2) is 23.0 Å². The number of anilines is 1. The molecule has 0 aliphatic carbocycles. The largest absolute Gasteiger partial charge is 0.496 e. The van der Waals surface area contributed by atoms with Crippen molar-refractivity contribution >= 4 is 32.7 Å². The highest BCUT2D eigenvalue weighted by molar-refractivity contribution is 7.89. The van der Waals surface area contributed by atoms with Crippen molar-refractivity contribution in [3.05, 3.63) is 42.1 Å². The number of amides is 1. The zero-order valence-electron chi connectivity index (χ0n) is 21.9. The lowest BCUT2D eigenvalue weighted by Gasteiger charge is -2.31. The van der Waals surface area contributed by atoms with Gasteiger partial charge in [0.2, 0.25) is 10.0 Å². The molecule has 0 saturated carbocycles. The van der Waals surface area contributed by atoms with Crippen LogP contribution in [-0.4, -0.2) is 98.3 Å². The van der Waals surface area contributed by atoms with Gasteiger partial charge >= 0.3 is 0 Å². The molecule has 0 spiro atoms. The molecule has 5 rings (SSSR count). The van der Waals surface area contributed by atoms with Crippen LogP contribution in [0.3, 0.4) is 0 Å². The van der Waals surface area contributed by atoms with Gasteiger partial charge in [-0.3, -0.25) is 9.89 Å². The van der Waals surface area contributed by atoms with E-state index in [2.05, 4.69) is 30.4 Å². The summed E-state index contributed by atoms with van der Waals surface area (Å²) in [5.74, 6) is 1.13. The number of likely N-dealkylation sites (N-methyl/N-ethyl adjacent to an activating group) is 1. The number of hydrogen-bond donors (Lipinski definition) is 3. The third-order valence-electron chi connectivity index (χ3n) is 6.62. The number of benzene rings is 2. The summed E-state index contributed by atoms with van der Waals surface area (Å²) in [4.78, 5) is 23.2. The Bertz CT molecular complexity index is 1580. The summed E-state index contributed by atoms with van der Waals surface area (Å²) in [5, 5.41) is 9.78. The fraction of sp³-hybridized carbons (Fsp3) is 0.320. The highest BCUT2D eigenvalue weighted by Crippen LogP contribution is 2.34. The Morgan fingerprint density at radius 2 is 1.67 bits per heavy atom. The van der Waals surface area contributed by atoms with Gasteiger partial charge in [0.25, 0.3) is 5.91 Å². The molecule has 39 heavy (non-hydrogen) atoms. The predicted molar refractivity (Wildman–Crippen MR) is 144 cm³/mol. The second-order valence-corrected chi connectivity index (χ2v) is 10.9. The fourth-order valence-electron chi connectivity index (χ4n) is 4.41. The van der Waals surface area contributed by atoms with Crippen LogP contribution in [0.4, 0.5) is 5.69 Å². The minimum atomic E-state index is -3.79. The molecular weight excluding hydrogens is 526 g/mol. The first kappa shape index (κ1) is 26.5. The molecule has 13 nitrogen and oxygen atoms in total. The van der Waals surface area contributed by atoms with E-state index >= 15 is 0 Å². The Hall–Kier alpha value is -4.14. The lowest BCUT2D eigenvalue weighted by Crippen LogP contribution is -2.47. The van der Waals surface area contributed by atoms with E-state index in [0.29, 0.717) is 65.9 Å². The quantitative estimate of drug-likeness (QED) is 0.297. The average molecular weight is 556 g/mol. The number of aromatic amines is 2. The third kappa shape index (κ3) is 5.01. The lowest BCUT2D eigenvalue weighted by atomic mass is 10.2. The molecule has 1 fully saturated rings. The van der Waals surface area contributed by atoms with Crippen molar-refractivity contribution in [3.8, 4) is 28.8 Å². The van der Waals surface area contributed by atoms with E-state index < -0.39 is 15.9 Å². The first-order valence-electron chi connectivity index (χ1n) is 12.1. The van der Waals surface area contributed by atoms with Crippen molar-refractivity contribution < 1.29 is 27.4 Å². The van der Waals surface area contributed by atoms with Crippen LogP contribution in [0, 0.1) is 0 Å². The summed E-state index contributed by atoms with van der Waals surface area (Å²) in [6, 6.07) is 7.75. The molecule has 0 atom stereocenters. The number of fused-ring (bicyclic) bond motifs is 1. The maximum atomic E-state index is 13.4. The van der Waals surface area contributed by atoms with Gasteiger partial charge < -0.3 is 29.4 Å². The maximum Gasteiger partial charge on any atom is 0.259 e. The van der Waals surface area contributed by atoms with Crippen LogP contribution in [-0.2, 0) is 10.0 Å². The van der Waals surface area contributed by atoms with Gasteiger partial charge in [-0.2, -0.15) is 9.40 Å². The number of sulfonamides is 1. The number of methoxy groups -OCH3 is 3. The number of aromatic nitrogens is 4. The van der Waals surface area contributed by atoms with E-state index in [1.165, 1.54) is 42.9 Å². The molecule has 0 unspecified atom stereocenters. The van der Waals surface area contributed by atoms with Crippen LogP contribution in [0.15, 0.2) is 41.4 Å². The molecule has 1 aliphatic heterocycles. The molecule has 0 bridgehead atoms. The van der Waals surface area contributed by atoms with Gasteiger partial charge in [-0.25, -0.2) is 13.4 Å². The van der Waals surface area contributed by atoms with Gasteiger partial charge in [0, 0.05) is 44.5 Å². The first-order valence-corrected chi connectivity index (χ1v) is 13.5. The van der Waals surface area contributed by atoms with Crippen molar-refractivity contribution in [3.63, 3.8) is 0 Å². The molecule has 2 aromatic carbocycles. The van der Waals surface area contributed by atoms with Crippen LogP contribution in [0.25, 0.3) is 22.6 Å². The molecule has 206 valence electrons. The zero-order valence-corrected chi connectivity index (χ0v) is 22.8. The molecule has 1 amide bonds. The number of carbonyl (C=O) groups excluding carboxylic acids is 1. The van der Waals surface area contributed by atoms with Crippen molar-refractivity contribution in [1.29, 1.82) is 0 Å². The Morgan fingerprint density at radius 3 is 2.36 bits per heavy atom. The van der Waals surface area contributed by atoms with Crippen LogP contribution in [0.2, 0.25) is 0 Å². The van der Waals surface area contributed by atoms with Crippen LogP contribution >= 0.6 is 0 Å². The van der Waals surface area contributed by atoms with Gasteiger partial charge in [0.05, 0.1) is 48.5 Å². The maximum absolute atomic E-state index is 13.4. The monoisotopic (exact) mass is 555 g/mol. The number of ether oxygens (including phenoxy) is 3. The Morgan fingerprint density at radius 1 is 0.974 bits per heavy atom. The van der Waals surface area contributed by atoms with E-state index in [4.69, 9.17) is 14.2 Å². The Kier molecular flexibility index (Phi) is 7.16. The van der Waals surface area contributed by atoms with Crippen molar-refractivity contribution in [2.75, 3.05) is 59.9 Å². The van der Waals surface area contributed by atoms with Crippen LogP contribution in [0.1, 0.15) is 10.4 Å². The summed E-state index contributed by atoms with van der Waals surface area (Å²) >= 11 is 0. The smallest absolute Gasteiger partial charge is 0.259 e. The molecular formula is C25H29N7O6S. The van der Waals surface area contributed by atoms with Gasteiger partial charge in [-0.1, -0.05) is 0 Å². The van der Waals surface area contributed by atoms with E-state index in [-0.39, 0.29) is 16.2 Å². The summed E-state index contributed by atoms with van der Waals surface area (Å²) in [7, 11) is 2.66. The van der Waals surface area contributed by atoms with Gasteiger partial charge in [-0.05, 0) is 25.2 Å². The zero-order chi connectivity index (χ0) is 27.7. The van der Waals surface area contributed by atoms with Crippen molar-refractivity contribution in [1.82, 2.24) is 29.4 Å². The Labute approximate surface area is 225 Å². The topological polar surface area (TPSA) is 155 Å². The van der Waals surface area contributed by atoms with Crippen molar-refractivity contribution in [2.24, 2.45) is 0 Å². The van der Waals surface area contributed by atoms with Crippen molar-refractivity contribution in [2.45, 2.75) is 4.90 Å². The van der Waals surface area contributed by atoms with E-state index in [9.17, 15) is 13.2 Å². The highest BCUT2D eigenvalue weighted by atomic mass is 32.2. The second-order valence-electron chi connectivity index (χ2n) is 8.98. The molecule has 3 heterocycles. The summed E-state index contributed by atoms with van der Waals surface area (Å²) in [6.07, 6.45) is 1.51. The lowest BCUT2D eigenvalue weighted by molar-refractivity contribution is 0.102. The molecule has 0 radical (unpaired) electrons. The highest BCUT2D eigenvalue weighted by Gasteiger charge is 2.29. The van der Waals surface area contributed by atoms with Gasteiger partial charge in [0.1, 0.15) is 5.75 Å². The average Bonchev–Trinajstić information content (AvgIpc) is 3.58. The molecule has 1 saturated heterocycles. The van der Waals surface area contributed by atoms with E-state index in [1.807, 2.05) is 7.05 Å². The molecule has 4 aromatic rings. The SMILES string of the molecule is COc1cc2nc(-c3n[nH]cc3NC(=O)c3cc(S(=O)(=O)N4CCN(C)CC4)ccc3OC)[nH]c2cc1OC. The third-order valence-corrected chi connectivity index (χ3v) is 8.51. The van der Waals surface area contributed by atoms with Gasteiger partial charge in [-0.15, -0.1) is 0 Å². The van der Waals surface area contributed by atoms with Crippen LogP contribution in [0.5, 0.6) is 17.2 Å². The second kappa shape index (κ2) is 10.6. The molecule has 3 N–H and O–H groups in total. The molecule has 2 aromatic heterocycles. The molecule has 14 heteroatoms. The Balaban J connectivity index is 1.44. The number of carbonyl (C=O) groups is 1. The summed E-state index contributed by atoms with van der Waals surface area (Å²) in [6.45, 7) is 2.01. The van der Waals surface area contributed by atoms with E-state index in [0.717, 1.165) is 0 Å². The van der Waals surface area contributed by atoms with E-state index in [1.54, 1.807) is 19.2 Å².